The Hall–Kier alpha value is -1.53. The lowest BCUT2D eigenvalue weighted by molar-refractivity contribution is 0.241. The zero-order valence-electron chi connectivity index (χ0n) is 10.4. The average Bonchev–Trinajstić information content (AvgIpc) is 2.42. The van der Waals surface area contributed by atoms with Gasteiger partial charge in [0.15, 0.2) is 0 Å². The van der Waals surface area contributed by atoms with Gasteiger partial charge in [-0.3, -0.25) is 4.90 Å². The number of hydrogen-bond acceptors (Lipinski definition) is 5. The fraction of sp³-hybridized carbons (Fsp3) is 0.308. The van der Waals surface area contributed by atoms with Crippen LogP contribution in [0.25, 0.3) is 0 Å². The van der Waals surface area contributed by atoms with E-state index in [1.807, 2.05) is 12.3 Å². The lowest BCUT2D eigenvalue weighted by Gasteiger charge is -2.28. The number of nitrogens with zero attached hydrogens (tertiary/aromatic N) is 4. The highest BCUT2D eigenvalue weighted by molar-refractivity contribution is 9.10. The minimum absolute atomic E-state index is 0.620. The topological polar surface area (TPSA) is 67.9 Å². The molecule has 0 unspecified atom stereocenters. The summed E-state index contributed by atoms with van der Waals surface area (Å²) in [7, 11) is 0. The number of fused-ring (bicyclic) bond motifs is 1. The maximum absolute atomic E-state index is 5.87. The van der Waals surface area contributed by atoms with Gasteiger partial charge in [0.1, 0.15) is 16.7 Å². The molecule has 0 amide bonds. The standard InChI is InChI=1S/C13H14BrN5/c14-12-2-1-9(5-16-12)6-19-4-3-10-11(7-19)17-8-18-13(10)15/h1-2,5,8H,3-4,6-7H2,(H2,15,17,18). The first kappa shape index (κ1) is 12.5. The number of pyridine rings is 1. The molecule has 0 spiro atoms. The molecule has 0 saturated heterocycles. The summed E-state index contributed by atoms with van der Waals surface area (Å²) in [6, 6.07) is 4.05. The molecule has 3 heterocycles. The highest BCUT2D eigenvalue weighted by Crippen LogP contribution is 2.21. The normalized spacial score (nSPS) is 15.2. The Morgan fingerprint density at radius 2 is 2.16 bits per heavy atom. The molecule has 0 aromatic carbocycles. The van der Waals surface area contributed by atoms with Gasteiger partial charge in [0.2, 0.25) is 0 Å². The highest BCUT2D eigenvalue weighted by Gasteiger charge is 2.19. The van der Waals surface area contributed by atoms with E-state index in [1.165, 1.54) is 5.56 Å². The number of halogens is 1. The summed E-state index contributed by atoms with van der Waals surface area (Å²) in [6.45, 7) is 2.67. The lowest BCUT2D eigenvalue weighted by atomic mass is 10.1. The minimum Gasteiger partial charge on any atom is -0.383 e. The van der Waals surface area contributed by atoms with Gasteiger partial charge in [0.05, 0.1) is 5.69 Å². The van der Waals surface area contributed by atoms with Gasteiger partial charge in [-0.1, -0.05) is 6.07 Å². The van der Waals surface area contributed by atoms with Crippen LogP contribution >= 0.6 is 15.9 Å². The van der Waals surface area contributed by atoms with Gasteiger partial charge in [-0.2, -0.15) is 0 Å². The van der Waals surface area contributed by atoms with Crippen LogP contribution in [-0.4, -0.2) is 26.4 Å². The highest BCUT2D eigenvalue weighted by atomic mass is 79.9. The molecule has 0 bridgehead atoms. The molecule has 2 aromatic rings. The summed E-state index contributed by atoms with van der Waals surface area (Å²) >= 11 is 3.34. The van der Waals surface area contributed by atoms with E-state index < -0.39 is 0 Å². The summed E-state index contributed by atoms with van der Waals surface area (Å²) in [6.07, 6.45) is 4.35. The molecule has 5 nitrogen and oxygen atoms in total. The monoisotopic (exact) mass is 319 g/mol. The van der Waals surface area contributed by atoms with Gasteiger partial charge >= 0.3 is 0 Å². The van der Waals surface area contributed by atoms with E-state index in [1.54, 1.807) is 6.33 Å². The second-order valence-electron chi connectivity index (χ2n) is 4.63. The average molecular weight is 320 g/mol. The number of rotatable bonds is 2. The zero-order chi connectivity index (χ0) is 13.2. The molecule has 2 aromatic heterocycles. The molecule has 0 radical (unpaired) electrons. The Morgan fingerprint density at radius 1 is 1.26 bits per heavy atom. The van der Waals surface area contributed by atoms with Gasteiger partial charge in [0, 0.05) is 31.4 Å². The predicted molar refractivity (Wildman–Crippen MR) is 76.2 cm³/mol. The van der Waals surface area contributed by atoms with Crippen molar-refractivity contribution in [2.45, 2.75) is 19.5 Å². The third-order valence-electron chi connectivity index (χ3n) is 3.31. The Bertz CT molecular complexity index is 584. The summed E-state index contributed by atoms with van der Waals surface area (Å²) in [5.41, 5.74) is 9.22. The van der Waals surface area contributed by atoms with E-state index in [4.69, 9.17) is 5.73 Å². The Kier molecular flexibility index (Phi) is 3.44. The largest absolute Gasteiger partial charge is 0.383 e. The maximum Gasteiger partial charge on any atom is 0.130 e. The van der Waals surface area contributed by atoms with Crippen molar-refractivity contribution in [3.8, 4) is 0 Å². The number of nitrogen functional groups attached to an aromatic ring is 1. The van der Waals surface area contributed by atoms with Crippen molar-refractivity contribution in [2.75, 3.05) is 12.3 Å². The second kappa shape index (κ2) is 5.22. The number of hydrogen-bond donors (Lipinski definition) is 1. The lowest BCUT2D eigenvalue weighted by Crippen LogP contribution is -2.31. The fourth-order valence-electron chi connectivity index (χ4n) is 2.33. The minimum atomic E-state index is 0.620. The molecule has 0 saturated carbocycles. The van der Waals surface area contributed by atoms with Crippen LogP contribution in [0.2, 0.25) is 0 Å². The number of nitrogens with two attached hydrogens (primary N) is 1. The molecule has 19 heavy (non-hydrogen) atoms. The van der Waals surface area contributed by atoms with E-state index >= 15 is 0 Å². The molecule has 0 atom stereocenters. The van der Waals surface area contributed by atoms with E-state index in [-0.39, 0.29) is 0 Å². The molecule has 0 aliphatic carbocycles. The number of anilines is 1. The van der Waals surface area contributed by atoms with Gasteiger partial charge < -0.3 is 5.73 Å². The van der Waals surface area contributed by atoms with Crippen LogP contribution < -0.4 is 5.73 Å². The zero-order valence-corrected chi connectivity index (χ0v) is 12.0. The molecule has 6 heteroatoms. The van der Waals surface area contributed by atoms with Gasteiger partial charge in [0.25, 0.3) is 0 Å². The van der Waals surface area contributed by atoms with Crippen molar-refractivity contribution in [2.24, 2.45) is 0 Å². The smallest absolute Gasteiger partial charge is 0.130 e. The van der Waals surface area contributed by atoms with Crippen LogP contribution in [0, 0.1) is 0 Å². The van der Waals surface area contributed by atoms with Crippen LogP contribution in [0.1, 0.15) is 16.8 Å². The van der Waals surface area contributed by atoms with Crippen LogP contribution in [0.3, 0.4) is 0 Å². The summed E-state index contributed by atoms with van der Waals surface area (Å²) in [5.74, 6) is 0.620. The number of aromatic nitrogens is 3. The summed E-state index contributed by atoms with van der Waals surface area (Å²) in [5, 5.41) is 0. The maximum atomic E-state index is 5.87. The molecule has 0 fully saturated rings. The first-order chi connectivity index (χ1) is 9.22. The van der Waals surface area contributed by atoms with Gasteiger partial charge in [-0.05, 0) is 34.0 Å². The first-order valence-corrected chi connectivity index (χ1v) is 6.92. The van der Waals surface area contributed by atoms with E-state index in [2.05, 4.69) is 41.8 Å². The van der Waals surface area contributed by atoms with Crippen molar-refractivity contribution < 1.29 is 0 Å². The Balaban J connectivity index is 1.74. The first-order valence-electron chi connectivity index (χ1n) is 6.13. The van der Waals surface area contributed by atoms with Crippen molar-refractivity contribution >= 4 is 21.7 Å². The third-order valence-corrected chi connectivity index (χ3v) is 3.78. The second-order valence-corrected chi connectivity index (χ2v) is 5.45. The molecular formula is C13H14BrN5. The summed E-state index contributed by atoms with van der Waals surface area (Å²) in [4.78, 5) is 15.0. The van der Waals surface area contributed by atoms with Gasteiger partial charge in [-0.15, -0.1) is 0 Å². The summed E-state index contributed by atoms with van der Waals surface area (Å²) < 4.78 is 0.862. The SMILES string of the molecule is Nc1ncnc2c1CCN(Cc1ccc(Br)nc1)C2. The van der Waals surface area contributed by atoms with Crippen LogP contribution in [0.15, 0.2) is 29.3 Å². The molecule has 98 valence electrons. The van der Waals surface area contributed by atoms with Crippen molar-refractivity contribution in [3.05, 3.63) is 46.1 Å². The predicted octanol–water partition coefficient (Wildman–Crippen LogP) is 1.77. The van der Waals surface area contributed by atoms with Crippen LogP contribution in [-0.2, 0) is 19.5 Å². The van der Waals surface area contributed by atoms with Gasteiger partial charge in [-0.25, -0.2) is 15.0 Å². The van der Waals surface area contributed by atoms with E-state index in [0.29, 0.717) is 5.82 Å². The van der Waals surface area contributed by atoms with Crippen molar-refractivity contribution in [1.82, 2.24) is 19.9 Å². The molecule has 1 aliphatic heterocycles. The van der Waals surface area contributed by atoms with Crippen LogP contribution in [0.4, 0.5) is 5.82 Å². The quantitative estimate of drug-likeness (QED) is 0.854. The molecular weight excluding hydrogens is 306 g/mol. The Labute approximate surface area is 120 Å². The van der Waals surface area contributed by atoms with Crippen LogP contribution in [0.5, 0.6) is 0 Å². The fourth-order valence-corrected chi connectivity index (χ4v) is 2.56. The Morgan fingerprint density at radius 3 is 2.95 bits per heavy atom. The molecule has 1 aliphatic rings. The van der Waals surface area contributed by atoms with E-state index in [0.717, 1.165) is 41.9 Å². The molecule has 2 N–H and O–H groups in total. The van der Waals surface area contributed by atoms with E-state index in [9.17, 15) is 0 Å². The molecule has 3 rings (SSSR count). The van der Waals surface area contributed by atoms with Crippen molar-refractivity contribution in [1.29, 1.82) is 0 Å². The van der Waals surface area contributed by atoms with Crippen molar-refractivity contribution in [3.63, 3.8) is 0 Å². The third kappa shape index (κ3) is 2.74.